The van der Waals surface area contributed by atoms with Crippen molar-refractivity contribution >= 4 is 57.8 Å². The molecule has 3 N–H and O–H groups in total. The van der Waals surface area contributed by atoms with E-state index < -0.39 is 10.0 Å². The van der Waals surface area contributed by atoms with Gasteiger partial charge < -0.3 is 10.6 Å². The van der Waals surface area contributed by atoms with Crippen LogP contribution in [0.15, 0.2) is 28.7 Å². The molecule has 1 fully saturated rings. The predicted octanol–water partition coefficient (Wildman–Crippen LogP) is 1.94. The maximum Gasteiger partial charge on any atom is 0.265 e. The third kappa shape index (κ3) is 4.94. The topological polar surface area (TPSA) is 110 Å². The van der Waals surface area contributed by atoms with E-state index in [1.807, 2.05) is 6.92 Å². The lowest BCUT2D eigenvalue weighted by molar-refractivity contribution is 0.0778. The molecule has 0 saturated carbocycles. The number of thiophene rings is 1. The van der Waals surface area contributed by atoms with E-state index in [0.717, 1.165) is 17.8 Å². The number of nitrogens with two attached hydrogens (primary N) is 1. The minimum Gasteiger partial charge on any atom is -0.337 e. The van der Waals surface area contributed by atoms with Crippen molar-refractivity contribution in [1.82, 2.24) is 14.7 Å². The standard InChI is InChI=1S/C15H21N5O3S2.2ClH/c1-15(9-16)4-5-20(10-15)14(21)13-12(3-6-24-13)25(22,23)18-11-7-17-19(2)8-11;;/h3,6-8,18H,4-5,9-10,16H2,1-2H3;2*1H. The van der Waals surface area contributed by atoms with Gasteiger partial charge in [-0.3, -0.25) is 14.2 Å². The highest BCUT2D eigenvalue weighted by molar-refractivity contribution is 7.93. The third-order valence-corrected chi connectivity index (χ3v) is 6.86. The van der Waals surface area contributed by atoms with Gasteiger partial charge in [0, 0.05) is 26.3 Å². The minimum atomic E-state index is -3.86. The molecule has 1 atom stereocenters. The molecule has 8 nitrogen and oxygen atoms in total. The molecule has 0 aliphatic carbocycles. The monoisotopic (exact) mass is 455 g/mol. The van der Waals surface area contributed by atoms with Crippen LogP contribution in [0, 0.1) is 5.41 Å². The molecule has 1 amide bonds. The molecule has 2 aromatic rings. The lowest BCUT2D eigenvalue weighted by atomic mass is 9.90. The summed E-state index contributed by atoms with van der Waals surface area (Å²) in [5, 5.41) is 5.55. The van der Waals surface area contributed by atoms with E-state index in [1.54, 1.807) is 23.5 Å². The Labute approximate surface area is 175 Å². The van der Waals surface area contributed by atoms with Gasteiger partial charge in [-0.1, -0.05) is 6.92 Å². The Kier molecular flexibility index (Phi) is 7.71. The molecule has 1 saturated heterocycles. The van der Waals surface area contributed by atoms with Gasteiger partial charge in [-0.2, -0.15) is 5.10 Å². The number of amides is 1. The Morgan fingerprint density at radius 1 is 1.44 bits per heavy atom. The maximum atomic E-state index is 12.8. The second kappa shape index (κ2) is 8.78. The highest BCUT2D eigenvalue weighted by Crippen LogP contribution is 2.32. The fraction of sp³-hybridized carbons (Fsp3) is 0.467. The van der Waals surface area contributed by atoms with Gasteiger partial charge in [0.2, 0.25) is 0 Å². The molecule has 1 unspecified atom stereocenters. The number of hydrogen-bond donors (Lipinski definition) is 2. The molecular weight excluding hydrogens is 433 g/mol. The Morgan fingerprint density at radius 3 is 2.70 bits per heavy atom. The summed E-state index contributed by atoms with van der Waals surface area (Å²) in [5.74, 6) is -0.265. The molecule has 12 heteroatoms. The van der Waals surface area contributed by atoms with E-state index in [4.69, 9.17) is 5.73 Å². The summed E-state index contributed by atoms with van der Waals surface area (Å²) in [6.45, 7) is 3.65. The van der Waals surface area contributed by atoms with Gasteiger partial charge in [-0.25, -0.2) is 8.42 Å². The average Bonchev–Trinajstić information content (AvgIpc) is 3.27. The minimum absolute atomic E-state index is 0. The van der Waals surface area contributed by atoms with Crippen LogP contribution in [-0.4, -0.2) is 48.6 Å². The van der Waals surface area contributed by atoms with Crippen LogP contribution in [0.5, 0.6) is 0 Å². The van der Waals surface area contributed by atoms with Crippen molar-refractivity contribution in [1.29, 1.82) is 0 Å². The summed E-state index contributed by atoms with van der Waals surface area (Å²) in [6.07, 6.45) is 3.79. The Morgan fingerprint density at radius 2 is 2.15 bits per heavy atom. The van der Waals surface area contributed by atoms with Crippen molar-refractivity contribution in [3.8, 4) is 0 Å². The number of likely N-dealkylation sites (tertiary alicyclic amines) is 1. The zero-order valence-electron chi connectivity index (χ0n) is 14.9. The zero-order valence-corrected chi connectivity index (χ0v) is 18.2. The number of halogens is 2. The molecule has 0 spiro atoms. The highest BCUT2D eigenvalue weighted by atomic mass is 35.5. The summed E-state index contributed by atoms with van der Waals surface area (Å²) in [7, 11) is -2.17. The van der Waals surface area contributed by atoms with E-state index >= 15 is 0 Å². The van der Waals surface area contributed by atoms with Crippen LogP contribution in [0.4, 0.5) is 5.69 Å². The first kappa shape index (κ1) is 23.7. The number of sulfonamides is 1. The molecule has 0 radical (unpaired) electrons. The van der Waals surface area contributed by atoms with Crippen LogP contribution in [0.2, 0.25) is 0 Å². The number of hydrogen-bond acceptors (Lipinski definition) is 6. The summed E-state index contributed by atoms with van der Waals surface area (Å²) in [6, 6.07) is 1.45. The zero-order chi connectivity index (χ0) is 18.2. The second-order valence-electron chi connectivity index (χ2n) is 6.61. The van der Waals surface area contributed by atoms with E-state index in [9.17, 15) is 13.2 Å². The first-order chi connectivity index (χ1) is 11.7. The third-order valence-electron chi connectivity index (χ3n) is 4.41. The summed E-state index contributed by atoms with van der Waals surface area (Å²) in [5.41, 5.74) is 6.03. The smallest absolute Gasteiger partial charge is 0.265 e. The maximum absolute atomic E-state index is 12.8. The van der Waals surface area contributed by atoms with Crippen LogP contribution in [0.1, 0.15) is 23.0 Å². The Bertz CT molecular complexity index is 899. The normalized spacial score (nSPS) is 19.3. The van der Waals surface area contributed by atoms with Crippen LogP contribution < -0.4 is 10.5 Å². The first-order valence-electron chi connectivity index (χ1n) is 7.82. The highest BCUT2D eigenvalue weighted by Gasteiger charge is 2.37. The number of nitrogens with one attached hydrogen (secondary N) is 1. The van der Waals surface area contributed by atoms with E-state index in [-0.39, 0.29) is 45.9 Å². The summed E-state index contributed by atoms with van der Waals surface area (Å²) < 4.78 is 29.3. The fourth-order valence-electron chi connectivity index (χ4n) is 2.86. The SMILES string of the molecule is Cl.Cl.Cn1cc(NS(=O)(=O)c2ccsc2C(=O)N2CCC(C)(CN)C2)cn1. The number of carbonyl (C=O) groups is 1. The number of carbonyl (C=O) groups excluding carboxylic acids is 1. The molecular formula is C15H23Cl2N5O3S2. The largest absolute Gasteiger partial charge is 0.337 e. The summed E-state index contributed by atoms with van der Waals surface area (Å²) >= 11 is 1.13. The number of aromatic nitrogens is 2. The van der Waals surface area contributed by atoms with Crippen LogP contribution in [-0.2, 0) is 17.1 Å². The van der Waals surface area contributed by atoms with Gasteiger partial charge in [0.25, 0.3) is 15.9 Å². The van der Waals surface area contributed by atoms with Crippen molar-refractivity contribution in [2.24, 2.45) is 18.2 Å². The molecule has 2 aromatic heterocycles. The number of anilines is 1. The summed E-state index contributed by atoms with van der Waals surface area (Å²) in [4.78, 5) is 14.7. The molecule has 0 aromatic carbocycles. The average molecular weight is 456 g/mol. The molecule has 3 rings (SSSR count). The predicted molar refractivity (Wildman–Crippen MR) is 111 cm³/mol. The Hall–Kier alpha value is -1.33. The van der Waals surface area contributed by atoms with Gasteiger partial charge in [-0.05, 0) is 29.8 Å². The lowest BCUT2D eigenvalue weighted by Crippen LogP contribution is -2.34. The number of nitrogens with zero attached hydrogens (tertiary/aromatic N) is 3. The molecule has 152 valence electrons. The number of aryl methyl sites for hydroxylation is 1. The van der Waals surface area contributed by atoms with Crippen molar-refractivity contribution in [3.63, 3.8) is 0 Å². The first-order valence-corrected chi connectivity index (χ1v) is 10.2. The second-order valence-corrected chi connectivity index (χ2v) is 9.18. The quantitative estimate of drug-likeness (QED) is 0.715. The molecule has 3 heterocycles. The van der Waals surface area contributed by atoms with E-state index in [0.29, 0.717) is 25.3 Å². The van der Waals surface area contributed by atoms with E-state index in [1.165, 1.54) is 16.9 Å². The van der Waals surface area contributed by atoms with Crippen LogP contribution in [0.25, 0.3) is 0 Å². The van der Waals surface area contributed by atoms with Crippen molar-refractivity contribution in [2.45, 2.75) is 18.2 Å². The van der Waals surface area contributed by atoms with Crippen LogP contribution >= 0.6 is 36.2 Å². The van der Waals surface area contributed by atoms with Crippen molar-refractivity contribution in [2.75, 3.05) is 24.4 Å². The molecule has 1 aliphatic heterocycles. The fourth-order valence-corrected chi connectivity index (χ4v) is 5.27. The van der Waals surface area contributed by atoms with E-state index in [2.05, 4.69) is 9.82 Å². The van der Waals surface area contributed by atoms with Gasteiger partial charge in [0.15, 0.2) is 0 Å². The van der Waals surface area contributed by atoms with Gasteiger partial charge in [-0.15, -0.1) is 36.2 Å². The van der Waals surface area contributed by atoms with Crippen molar-refractivity contribution < 1.29 is 13.2 Å². The molecule has 27 heavy (non-hydrogen) atoms. The van der Waals surface area contributed by atoms with Gasteiger partial charge in [0.05, 0.1) is 11.9 Å². The van der Waals surface area contributed by atoms with Crippen molar-refractivity contribution in [3.05, 3.63) is 28.7 Å². The Balaban J connectivity index is 0.00000182. The molecule has 0 bridgehead atoms. The number of rotatable bonds is 5. The van der Waals surface area contributed by atoms with Gasteiger partial charge in [0.1, 0.15) is 9.77 Å². The molecule has 1 aliphatic rings. The van der Waals surface area contributed by atoms with Gasteiger partial charge >= 0.3 is 0 Å². The lowest BCUT2D eigenvalue weighted by Gasteiger charge is -2.22. The van der Waals surface area contributed by atoms with Crippen LogP contribution in [0.3, 0.4) is 0 Å².